The van der Waals surface area contributed by atoms with E-state index in [-0.39, 0.29) is 34.9 Å². The lowest BCUT2D eigenvalue weighted by atomic mass is 10.2. The van der Waals surface area contributed by atoms with Crippen molar-refractivity contribution in [3.05, 3.63) is 34.3 Å². The first kappa shape index (κ1) is 16.1. The molecule has 8 nitrogen and oxygen atoms in total. The van der Waals surface area contributed by atoms with Crippen LogP contribution in [0, 0.1) is 0 Å². The Morgan fingerprint density at radius 2 is 2.04 bits per heavy atom. The van der Waals surface area contributed by atoms with Crippen LogP contribution in [0.1, 0.15) is 32.6 Å². The van der Waals surface area contributed by atoms with Crippen LogP contribution in [0.4, 0.5) is 5.69 Å². The minimum atomic E-state index is -0.388. The lowest BCUT2D eigenvalue weighted by Gasteiger charge is -2.06. The molecule has 1 aromatic heterocycles. The number of nitrogens with one attached hydrogen (secondary N) is 2. The highest BCUT2D eigenvalue weighted by Crippen LogP contribution is 2.32. The van der Waals surface area contributed by atoms with Crippen LogP contribution in [0.15, 0.2) is 18.2 Å². The van der Waals surface area contributed by atoms with Crippen LogP contribution in [-0.4, -0.2) is 29.5 Å². The molecule has 24 heavy (non-hydrogen) atoms. The van der Waals surface area contributed by atoms with Gasteiger partial charge in [-0.1, -0.05) is 6.07 Å². The van der Waals surface area contributed by atoms with Crippen molar-refractivity contribution >= 4 is 29.0 Å². The van der Waals surface area contributed by atoms with E-state index in [0.29, 0.717) is 24.6 Å². The Labute approximate surface area is 142 Å². The van der Waals surface area contributed by atoms with Gasteiger partial charge in [-0.25, -0.2) is 0 Å². The van der Waals surface area contributed by atoms with E-state index >= 15 is 0 Å². The molecule has 1 aromatic carbocycles. The fraction of sp³-hybridized carbons (Fsp3) is 0.267. The molecule has 0 radical (unpaired) electrons. The second kappa shape index (κ2) is 6.75. The molecule has 2 aromatic rings. The van der Waals surface area contributed by atoms with Gasteiger partial charge in [0.25, 0.3) is 11.8 Å². The van der Waals surface area contributed by atoms with Crippen molar-refractivity contribution in [3.63, 3.8) is 0 Å². The summed E-state index contributed by atoms with van der Waals surface area (Å²) in [4.78, 5) is 24.3. The van der Waals surface area contributed by atoms with E-state index in [1.165, 1.54) is 0 Å². The van der Waals surface area contributed by atoms with Crippen LogP contribution in [0.3, 0.4) is 0 Å². The Hall–Kier alpha value is -2.81. The van der Waals surface area contributed by atoms with Gasteiger partial charge in [-0.05, 0) is 36.2 Å². The first-order chi connectivity index (χ1) is 11.6. The molecule has 0 saturated carbocycles. The number of nitrogen functional groups attached to an aromatic ring is 1. The third-order valence-electron chi connectivity index (χ3n) is 3.38. The number of fused-ring (bicyclic) bond motifs is 1. The van der Waals surface area contributed by atoms with Crippen molar-refractivity contribution in [1.82, 2.24) is 15.0 Å². The van der Waals surface area contributed by atoms with Crippen molar-refractivity contribution in [2.45, 2.75) is 13.5 Å². The Balaban J connectivity index is 1.66. The van der Waals surface area contributed by atoms with E-state index in [1.807, 2.05) is 6.07 Å². The van der Waals surface area contributed by atoms with Crippen LogP contribution in [0.25, 0.3) is 0 Å². The van der Waals surface area contributed by atoms with Crippen molar-refractivity contribution in [2.24, 2.45) is 0 Å². The number of hydrogen-bond donors (Lipinski definition) is 3. The van der Waals surface area contributed by atoms with Crippen LogP contribution < -0.4 is 25.8 Å². The van der Waals surface area contributed by atoms with Crippen molar-refractivity contribution < 1.29 is 19.1 Å². The monoisotopic (exact) mass is 348 g/mol. The number of ether oxygens (including phenoxy) is 2. The van der Waals surface area contributed by atoms with Gasteiger partial charge < -0.3 is 25.8 Å². The third-order valence-corrected chi connectivity index (χ3v) is 4.24. The first-order valence-electron chi connectivity index (χ1n) is 7.30. The molecule has 126 valence electrons. The molecule has 0 atom stereocenters. The topological polar surface area (TPSA) is 116 Å². The zero-order chi connectivity index (χ0) is 17.1. The van der Waals surface area contributed by atoms with Gasteiger partial charge in [0.05, 0.1) is 5.69 Å². The minimum absolute atomic E-state index is 0.0788. The zero-order valence-electron chi connectivity index (χ0n) is 12.9. The second-order valence-corrected chi connectivity index (χ2v) is 5.78. The van der Waals surface area contributed by atoms with E-state index < -0.39 is 0 Å². The normalized spacial score (nSPS) is 12.0. The Morgan fingerprint density at radius 1 is 1.25 bits per heavy atom. The van der Waals surface area contributed by atoms with E-state index in [9.17, 15) is 9.59 Å². The predicted octanol–water partition coefficient (Wildman–Crippen LogP) is 1.13. The average molecular weight is 348 g/mol. The van der Waals surface area contributed by atoms with Crippen LogP contribution in [-0.2, 0) is 6.54 Å². The lowest BCUT2D eigenvalue weighted by Crippen LogP contribution is -2.25. The summed E-state index contributed by atoms with van der Waals surface area (Å²) in [5.41, 5.74) is 6.90. The summed E-state index contributed by atoms with van der Waals surface area (Å²) < 4.78 is 14.5. The van der Waals surface area contributed by atoms with Gasteiger partial charge >= 0.3 is 0 Å². The largest absolute Gasteiger partial charge is 0.454 e. The van der Waals surface area contributed by atoms with Gasteiger partial charge in [0.1, 0.15) is 4.88 Å². The minimum Gasteiger partial charge on any atom is -0.454 e. The molecular weight excluding hydrogens is 332 g/mol. The maximum Gasteiger partial charge on any atom is 0.273 e. The van der Waals surface area contributed by atoms with Crippen molar-refractivity contribution in [3.8, 4) is 11.5 Å². The maximum atomic E-state index is 12.3. The Kier molecular flexibility index (Phi) is 4.52. The molecule has 0 unspecified atom stereocenters. The molecule has 0 aliphatic carbocycles. The fourth-order valence-electron chi connectivity index (χ4n) is 2.18. The molecule has 2 heterocycles. The first-order valence-corrected chi connectivity index (χ1v) is 8.07. The van der Waals surface area contributed by atoms with Gasteiger partial charge in [0, 0.05) is 13.1 Å². The second-order valence-electron chi connectivity index (χ2n) is 5.00. The summed E-state index contributed by atoms with van der Waals surface area (Å²) >= 11 is 0.901. The summed E-state index contributed by atoms with van der Waals surface area (Å²) in [6, 6.07) is 5.43. The highest BCUT2D eigenvalue weighted by Gasteiger charge is 2.21. The number of anilines is 1. The highest BCUT2D eigenvalue weighted by molar-refractivity contribution is 7.09. The smallest absolute Gasteiger partial charge is 0.273 e. The summed E-state index contributed by atoms with van der Waals surface area (Å²) in [7, 11) is 0. The van der Waals surface area contributed by atoms with E-state index in [1.54, 1.807) is 19.1 Å². The number of carbonyl (C=O) groups is 2. The molecular formula is C15H16N4O4S. The summed E-state index contributed by atoms with van der Waals surface area (Å²) in [5.74, 6) is 0.570. The molecule has 1 aliphatic heterocycles. The van der Waals surface area contributed by atoms with Crippen molar-refractivity contribution in [2.75, 3.05) is 19.1 Å². The summed E-state index contributed by atoms with van der Waals surface area (Å²) in [6.07, 6.45) is 0. The molecule has 3 rings (SSSR count). The van der Waals surface area contributed by atoms with Gasteiger partial charge in [0.15, 0.2) is 17.2 Å². The summed E-state index contributed by atoms with van der Waals surface area (Å²) in [6.45, 7) is 2.75. The number of amides is 2. The van der Waals surface area contributed by atoms with E-state index in [2.05, 4.69) is 15.0 Å². The zero-order valence-corrected chi connectivity index (χ0v) is 13.7. The van der Waals surface area contributed by atoms with Gasteiger partial charge in [-0.3, -0.25) is 9.59 Å². The maximum absolute atomic E-state index is 12.3. The quantitative estimate of drug-likeness (QED) is 0.746. The molecule has 0 bridgehead atoms. The summed E-state index contributed by atoms with van der Waals surface area (Å²) in [5, 5.41) is 5.36. The molecule has 2 amide bonds. The number of hydrogen-bond acceptors (Lipinski definition) is 7. The predicted molar refractivity (Wildman–Crippen MR) is 88.3 cm³/mol. The molecule has 0 spiro atoms. The average Bonchev–Trinajstić information content (AvgIpc) is 3.18. The number of aromatic nitrogens is 1. The van der Waals surface area contributed by atoms with Gasteiger partial charge in [-0.15, -0.1) is 0 Å². The highest BCUT2D eigenvalue weighted by atomic mass is 32.1. The number of nitrogens with two attached hydrogens (primary N) is 1. The van der Waals surface area contributed by atoms with E-state index in [0.717, 1.165) is 17.1 Å². The van der Waals surface area contributed by atoms with Crippen LogP contribution in [0.5, 0.6) is 11.5 Å². The number of nitrogens with zero attached hydrogens (tertiary/aromatic N) is 1. The number of rotatable bonds is 5. The van der Waals surface area contributed by atoms with Gasteiger partial charge in [0.2, 0.25) is 6.79 Å². The molecule has 4 N–H and O–H groups in total. The van der Waals surface area contributed by atoms with E-state index in [4.69, 9.17) is 15.2 Å². The van der Waals surface area contributed by atoms with Gasteiger partial charge in [-0.2, -0.15) is 4.37 Å². The van der Waals surface area contributed by atoms with Crippen LogP contribution in [0.2, 0.25) is 0 Å². The molecule has 0 saturated heterocycles. The van der Waals surface area contributed by atoms with Crippen molar-refractivity contribution in [1.29, 1.82) is 0 Å². The SMILES string of the molecule is CCNC(=O)c1nsc(C(=O)NCc2ccc3c(c2)OCO3)c1N. The Morgan fingerprint density at radius 3 is 2.83 bits per heavy atom. The molecule has 1 aliphatic rings. The Bertz CT molecular complexity index is 790. The fourth-order valence-corrected chi connectivity index (χ4v) is 2.90. The molecule has 0 fully saturated rings. The van der Waals surface area contributed by atoms with Crippen LogP contribution >= 0.6 is 11.5 Å². The third kappa shape index (κ3) is 3.11. The molecule has 9 heteroatoms. The lowest BCUT2D eigenvalue weighted by molar-refractivity contribution is 0.0950. The standard InChI is InChI=1S/C15H16N4O4S/c1-2-17-14(20)12-11(16)13(24-19-12)15(21)18-6-8-3-4-9-10(5-8)23-7-22-9/h3-5H,2,6-7,16H2,1H3,(H,17,20)(H,18,21). The number of carbonyl (C=O) groups excluding carboxylic acids is 2. The number of benzene rings is 1.